The lowest BCUT2D eigenvalue weighted by molar-refractivity contribution is -0.157. The zero-order valence-corrected chi connectivity index (χ0v) is 23.8. The van der Waals surface area contributed by atoms with Gasteiger partial charge in [0.05, 0.1) is 13.0 Å². The van der Waals surface area contributed by atoms with E-state index in [9.17, 15) is 9.59 Å². The summed E-state index contributed by atoms with van der Waals surface area (Å²) in [7, 11) is 0. The number of ether oxygens (including phenoxy) is 2. The van der Waals surface area contributed by atoms with Crippen molar-refractivity contribution in [2.45, 2.75) is 65.1 Å². The van der Waals surface area contributed by atoms with Gasteiger partial charge in [-0.1, -0.05) is 41.4 Å². The Kier molecular flexibility index (Phi) is 9.34. The van der Waals surface area contributed by atoms with Crippen LogP contribution in [-0.4, -0.2) is 72.6 Å². The second kappa shape index (κ2) is 12.5. The summed E-state index contributed by atoms with van der Waals surface area (Å²) < 4.78 is 12.7. The fourth-order valence-corrected chi connectivity index (χ4v) is 5.63. The summed E-state index contributed by atoms with van der Waals surface area (Å²) in [4.78, 5) is 29.2. The van der Waals surface area contributed by atoms with Crippen molar-refractivity contribution < 1.29 is 19.1 Å². The molecule has 0 radical (unpaired) electrons. The molecule has 2 aromatic rings. The zero-order chi connectivity index (χ0) is 27.3. The molecule has 1 N–H and O–H groups in total. The molecule has 2 aliphatic rings. The van der Waals surface area contributed by atoms with Crippen molar-refractivity contribution in [3.8, 4) is 5.75 Å². The second-order valence-electron chi connectivity index (χ2n) is 10.9. The van der Waals surface area contributed by atoms with E-state index in [1.54, 1.807) is 0 Å². The molecule has 0 saturated carbocycles. The number of aryl methyl sites for hydroxylation is 3. The van der Waals surface area contributed by atoms with E-state index in [-0.39, 0.29) is 30.9 Å². The summed E-state index contributed by atoms with van der Waals surface area (Å²) >= 11 is 6.37. The number of nitrogens with zero attached hydrogens (tertiary/aromatic N) is 2. The zero-order valence-electron chi connectivity index (χ0n) is 23.0. The third-order valence-corrected chi connectivity index (χ3v) is 8.05. The van der Waals surface area contributed by atoms with Crippen LogP contribution in [0.15, 0.2) is 36.4 Å². The number of hydrogen-bond donors (Lipinski definition) is 1. The Balaban J connectivity index is 1.48. The van der Waals surface area contributed by atoms with E-state index in [2.05, 4.69) is 41.4 Å². The van der Waals surface area contributed by atoms with Gasteiger partial charge in [-0.3, -0.25) is 14.5 Å². The van der Waals surface area contributed by atoms with Gasteiger partial charge in [0.1, 0.15) is 18.0 Å². The number of halogens is 1. The van der Waals surface area contributed by atoms with Gasteiger partial charge in [0.15, 0.2) is 0 Å². The molecule has 0 aromatic heterocycles. The molecule has 2 heterocycles. The van der Waals surface area contributed by atoms with E-state index in [4.69, 9.17) is 21.1 Å². The second-order valence-corrected chi connectivity index (χ2v) is 11.3. The van der Waals surface area contributed by atoms with Crippen LogP contribution in [0.5, 0.6) is 5.75 Å². The van der Waals surface area contributed by atoms with Crippen molar-refractivity contribution in [1.29, 1.82) is 0 Å². The highest BCUT2D eigenvalue weighted by atomic mass is 35.5. The Morgan fingerprint density at radius 3 is 2.47 bits per heavy atom. The number of hydrogen-bond acceptors (Lipinski definition) is 5. The quantitative estimate of drug-likeness (QED) is 0.535. The van der Waals surface area contributed by atoms with Crippen molar-refractivity contribution in [2.24, 2.45) is 0 Å². The van der Waals surface area contributed by atoms with Crippen LogP contribution in [0, 0.1) is 20.8 Å². The van der Waals surface area contributed by atoms with Crippen molar-refractivity contribution in [1.82, 2.24) is 15.1 Å². The predicted octanol–water partition coefficient (Wildman–Crippen LogP) is 4.43. The monoisotopic (exact) mass is 541 g/mol. The van der Waals surface area contributed by atoms with Gasteiger partial charge in [-0.05, 0) is 62.4 Å². The van der Waals surface area contributed by atoms with Crippen LogP contribution >= 0.6 is 11.6 Å². The normalized spacial score (nSPS) is 20.8. The molecule has 0 bridgehead atoms. The smallest absolute Gasteiger partial charge is 0.225 e. The summed E-state index contributed by atoms with van der Waals surface area (Å²) in [6.45, 7) is 11.8. The Morgan fingerprint density at radius 1 is 1.11 bits per heavy atom. The standard InChI is InChI=1S/C30H40ClN3O4/c1-21-6-5-7-25(14-21)18-33-12-13-38-30(19-33,20-37-27-15-22(2)29(31)23(3)16-27)17-28(36)34-10-8-26(9-11-34)32-24(4)35/h5-7,14-16,26H,8-13,17-20H2,1-4H3,(H,32,35)/t30-/m0/s1. The molecule has 0 unspecified atom stereocenters. The average Bonchev–Trinajstić information content (AvgIpc) is 2.86. The molecule has 38 heavy (non-hydrogen) atoms. The minimum Gasteiger partial charge on any atom is -0.490 e. The van der Waals surface area contributed by atoms with Gasteiger partial charge in [0, 0.05) is 50.7 Å². The molecule has 2 saturated heterocycles. The maximum absolute atomic E-state index is 13.5. The van der Waals surface area contributed by atoms with Crippen molar-refractivity contribution in [3.63, 3.8) is 0 Å². The molecule has 0 aliphatic carbocycles. The van der Waals surface area contributed by atoms with Gasteiger partial charge in [0.25, 0.3) is 0 Å². The molecule has 8 heteroatoms. The van der Waals surface area contributed by atoms with Crippen LogP contribution in [0.1, 0.15) is 48.4 Å². The highest BCUT2D eigenvalue weighted by Crippen LogP contribution is 2.30. The average molecular weight is 542 g/mol. The van der Waals surface area contributed by atoms with Crippen LogP contribution in [0.2, 0.25) is 5.02 Å². The molecule has 2 aliphatic heterocycles. The largest absolute Gasteiger partial charge is 0.490 e. The topological polar surface area (TPSA) is 71.1 Å². The molecular formula is C30H40ClN3O4. The number of piperidine rings is 1. The Morgan fingerprint density at radius 2 is 1.82 bits per heavy atom. The van der Waals surface area contributed by atoms with E-state index in [0.717, 1.165) is 47.8 Å². The SMILES string of the molecule is CC(=O)NC1CCN(C(=O)C[C@@]2(COc3cc(C)c(Cl)c(C)c3)CN(Cc3cccc(C)c3)CCO2)CC1. The first-order chi connectivity index (χ1) is 18.1. The van der Waals surface area contributed by atoms with E-state index in [0.29, 0.717) is 26.2 Å². The minimum atomic E-state index is -0.769. The van der Waals surface area contributed by atoms with Gasteiger partial charge < -0.3 is 19.7 Å². The van der Waals surface area contributed by atoms with Gasteiger partial charge >= 0.3 is 0 Å². The molecule has 1 atom stereocenters. The number of benzene rings is 2. The Labute approximate surface area is 231 Å². The van der Waals surface area contributed by atoms with Crippen LogP contribution < -0.4 is 10.1 Å². The number of likely N-dealkylation sites (tertiary alicyclic amines) is 1. The number of carbonyl (C=O) groups is 2. The predicted molar refractivity (Wildman–Crippen MR) is 150 cm³/mol. The van der Waals surface area contributed by atoms with Crippen LogP contribution in [0.25, 0.3) is 0 Å². The molecule has 7 nitrogen and oxygen atoms in total. The summed E-state index contributed by atoms with van der Waals surface area (Å²) in [5.41, 5.74) is 3.63. The summed E-state index contributed by atoms with van der Waals surface area (Å²) in [6, 6.07) is 12.5. The summed E-state index contributed by atoms with van der Waals surface area (Å²) in [6.07, 6.45) is 1.77. The van der Waals surface area contributed by atoms with Crippen molar-refractivity contribution in [2.75, 3.05) is 39.4 Å². The van der Waals surface area contributed by atoms with E-state index < -0.39 is 5.60 Å². The first kappa shape index (κ1) is 28.4. The lowest BCUT2D eigenvalue weighted by Crippen LogP contribution is -2.57. The summed E-state index contributed by atoms with van der Waals surface area (Å²) in [5, 5.41) is 3.72. The molecule has 0 spiro atoms. The minimum absolute atomic E-state index is 0.0251. The highest BCUT2D eigenvalue weighted by Gasteiger charge is 2.41. The van der Waals surface area contributed by atoms with Gasteiger partial charge in [0.2, 0.25) is 11.8 Å². The van der Waals surface area contributed by atoms with Gasteiger partial charge in [-0.2, -0.15) is 0 Å². The summed E-state index contributed by atoms with van der Waals surface area (Å²) in [5.74, 6) is 0.769. The van der Waals surface area contributed by atoms with E-state index >= 15 is 0 Å². The molecule has 2 aromatic carbocycles. The number of rotatable bonds is 8. The molecule has 2 amide bonds. The van der Waals surface area contributed by atoms with Crippen LogP contribution in [0.4, 0.5) is 0 Å². The fourth-order valence-electron chi connectivity index (χ4n) is 5.52. The van der Waals surface area contributed by atoms with Crippen LogP contribution in [-0.2, 0) is 20.9 Å². The fraction of sp³-hybridized carbons (Fsp3) is 0.533. The number of nitrogens with one attached hydrogen (secondary N) is 1. The number of amides is 2. The number of morpholine rings is 1. The Hall–Kier alpha value is -2.61. The van der Waals surface area contributed by atoms with Crippen molar-refractivity contribution in [3.05, 3.63) is 63.7 Å². The lowest BCUT2D eigenvalue weighted by atomic mass is 9.95. The third kappa shape index (κ3) is 7.49. The van der Waals surface area contributed by atoms with E-state index in [1.165, 1.54) is 18.1 Å². The van der Waals surface area contributed by atoms with Crippen molar-refractivity contribution >= 4 is 23.4 Å². The van der Waals surface area contributed by atoms with Crippen LogP contribution in [0.3, 0.4) is 0 Å². The highest BCUT2D eigenvalue weighted by molar-refractivity contribution is 6.32. The number of carbonyl (C=O) groups excluding carboxylic acids is 2. The molecule has 4 rings (SSSR count). The first-order valence-corrected chi connectivity index (χ1v) is 13.9. The maximum Gasteiger partial charge on any atom is 0.225 e. The maximum atomic E-state index is 13.5. The molecule has 2 fully saturated rings. The Bertz CT molecular complexity index is 1130. The van der Waals surface area contributed by atoms with Gasteiger partial charge in [-0.15, -0.1) is 0 Å². The third-order valence-electron chi connectivity index (χ3n) is 7.46. The molecular weight excluding hydrogens is 502 g/mol. The lowest BCUT2D eigenvalue weighted by Gasteiger charge is -2.43. The van der Waals surface area contributed by atoms with E-state index in [1.807, 2.05) is 30.9 Å². The van der Waals surface area contributed by atoms with Gasteiger partial charge in [-0.25, -0.2) is 0 Å². The first-order valence-electron chi connectivity index (χ1n) is 13.5. The molecule has 206 valence electrons.